The van der Waals surface area contributed by atoms with Gasteiger partial charge in [-0.3, -0.25) is 10.1 Å². The first kappa shape index (κ1) is 12.7. The number of hydrogen-bond donors (Lipinski definition) is 1. The van der Waals surface area contributed by atoms with Crippen molar-refractivity contribution in [3.05, 3.63) is 52.2 Å². The van der Waals surface area contributed by atoms with Crippen LogP contribution in [0.3, 0.4) is 0 Å². The zero-order chi connectivity index (χ0) is 15.0. The SMILES string of the molecule is O=C(O)c1cc([N+](=O)[O-])cnc1-n1nnc2ccccc21. The number of nitrogens with zero attached hydrogens (tertiary/aromatic N) is 5. The number of para-hydroxylation sites is 1. The molecule has 0 spiro atoms. The molecule has 0 saturated carbocycles. The number of pyridine rings is 1. The Balaban J connectivity index is 2.27. The van der Waals surface area contributed by atoms with Crippen LogP contribution >= 0.6 is 0 Å². The maximum Gasteiger partial charge on any atom is 0.339 e. The van der Waals surface area contributed by atoms with Gasteiger partial charge in [-0.2, -0.15) is 4.68 Å². The summed E-state index contributed by atoms with van der Waals surface area (Å²) in [6.45, 7) is 0. The van der Waals surface area contributed by atoms with Crippen LogP contribution in [0.4, 0.5) is 5.69 Å². The Kier molecular flexibility index (Phi) is 2.79. The van der Waals surface area contributed by atoms with E-state index in [9.17, 15) is 20.0 Å². The molecule has 0 aliphatic carbocycles. The molecule has 1 aromatic carbocycles. The quantitative estimate of drug-likeness (QED) is 0.570. The van der Waals surface area contributed by atoms with E-state index in [0.717, 1.165) is 12.3 Å². The molecular weight excluding hydrogens is 278 g/mol. The third-order valence-corrected chi connectivity index (χ3v) is 2.85. The molecule has 0 saturated heterocycles. The first-order chi connectivity index (χ1) is 10.1. The molecule has 0 aliphatic heterocycles. The molecule has 21 heavy (non-hydrogen) atoms. The fraction of sp³-hybridized carbons (Fsp3) is 0. The third kappa shape index (κ3) is 2.06. The summed E-state index contributed by atoms with van der Waals surface area (Å²) in [5.74, 6) is -1.36. The number of fused-ring (bicyclic) bond motifs is 1. The van der Waals surface area contributed by atoms with Gasteiger partial charge in [-0.15, -0.1) is 5.10 Å². The van der Waals surface area contributed by atoms with E-state index in [0.29, 0.717) is 11.0 Å². The number of aromatic carboxylic acids is 1. The first-order valence-corrected chi connectivity index (χ1v) is 5.76. The number of carboxylic acid groups (broad SMARTS) is 1. The van der Waals surface area contributed by atoms with E-state index < -0.39 is 16.6 Å². The Labute approximate surface area is 116 Å². The zero-order valence-electron chi connectivity index (χ0n) is 10.4. The van der Waals surface area contributed by atoms with Crippen LogP contribution in [-0.4, -0.2) is 36.0 Å². The number of rotatable bonds is 3. The van der Waals surface area contributed by atoms with Crippen molar-refractivity contribution in [2.75, 3.05) is 0 Å². The van der Waals surface area contributed by atoms with E-state index in [1.54, 1.807) is 24.3 Å². The van der Waals surface area contributed by atoms with Gasteiger partial charge in [0.15, 0.2) is 5.82 Å². The van der Waals surface area contributed by atoms with Crippen LogP contribution in [0, 0.1) is 10.1 Å². The van der Waals surface area contributed by atoms with Crippen LogP contribution < -0.4 is 0 Å². The van der Waals surface area contributed by atoms with Gasteiger partial charge in [0, 0.05) is 6.07 Å². The highest BCUT2D eigenvalue weighted by atomic mass is 16.6. The van der Waals surface area contributed by atoms with Crippen molar-refractivity contribution in [3.8, 4) is 5.82 Å². The third-order valence-electron chi connectivity index (χ3n) is 2.85. The van der Waals surface area contributed by atoms with Crippen molar-refractivity contribution in [1.82, 2.24) is 20.0 Å². The van der Waals surface area contributed by atoms with E-state index in [4.69, 9.17) is 0 Å². The van der Waals surface area contributed by atoms with Crippen LogP contribution in [0.2, 0.25) is 0 Å². The van der Waals surface area contributed by atoms with Gasteiger partial charge in [-0.05, 0) is 12.1 Å². The number of benzene rings is 1. The van der Waals surface area contributed by atoms with Gasteiger partial charge in [0.25, 0.3) is 5.69 Å². The Bertz CT molecular complexity index is 873. The number of hydrogen-bond acceptors (Lipinski definition) is 6. The number of nitro groups is 1. The standard InChI is InChI=1S/C12H7N5O4/c18-12(19)8-5-7(17(20)21)6-13-11(8)16-10-4-2-1-3-9(10)14-15-16/h1-6H,(H,18,19). The lowest BCUT2D eigenvalue weighted by Gasteiger charge is -2.05. The lowest BCUT2D eigenvalue weighted by molar-refractivity contribution is -0.385. The van der Waals surface area contributed by atoms with Gasteiger partial charge in [-0.25, -0.2) is 9.78 Å². The number of carboxylic acids is 1. The molecule has 0 atom stereocenters. The molecule has 0 unspecified atom stereocenters. The Hall–Kier alpha value is -3.36. The summed E-state index contributed by atoms with van der Waals surface area (Å²) in [5, 5.41) is 27.7. The van der Waals surface area contributed by atoms with Gasteiger partial charge < -0.3 is 5.11 Å². The molecule has 0 bridgehead atoms. The zero-order valence-corrected chi connectivity index (χ0v) is 10.4. The normalized spacial score (nSPS) is 10.7. The first-order valence-electron chi connectivity index (χ1n) is 5.76. The highest BCUT2D eigenvalue weighted by molar-refractivity contribution is 5.92. The molecule has 0 fully saturated rings. The molecule has 0 aliphatic rings. The predicted octanol–water partition coefficient (Wildman–Crippen LogP) is 1.42. The van der Waals surface area contributed by atoms with Gasteiger partial charge in [0.05, 0.1) is 10.4 Å². The van der Waals surface area contributed by atoms with E-state index >= 15 is 0 Å². The summed E-state index contributed by atoms with van der Waals surface area (Å²) in [6.07, 6.45) is 0.984. The highest BCUT2D eigenvalue weighted by Gasteiger charge is 2.20. The van der Waals surface area contributed by atoms with E-state index in [1.807, 2.05) is 0 Å². The van der Waals surface area contributed by atoms with Crippen molar-refractivity contribution in [2.24, 2.45) is 0 Å². The maximum atomic E-state index is 11.3. The van der Waals surface area contributed by atoms with Crippen LogP contribution in [0.15, 0.2) is 36.5 Å². The summed E-state index contributed by atoms with van der Waals surface area (Å²) < 4.78 is 1.24. The van der Waals surface area contributed by atoms with E-state index in [1.165, 1.54) is 4.68 Å². The average Bonchev–Trinajstić information content (AvgIpc) is 2.90. The van der Waals surface area contributed by atoms with Crippen LogP contribution in [-0.2, 0) is 0 Å². The Morgan fingerprint density at radius 1 is 1.33 bits per heavy atom. The number of carbonyl (C=O) groups is 1. The van der Waals surface area contributed by atoms with Gasteiger partial charge in [-0.1, -0.05) is 17.3 Å². The minimum absolute atomic E-state index is 0.0261. The molecule has 2 aromatic heterocycles. The van der Waals surface area contributed by atoms with Gasteiger partial charge in [0.2, 0.25) is 0 Å². The van der Waals surface area contributed by atoms with Gasteiger partial charge >= 0.3 is 5.97 Å². The van der Waals surface area contributed by atoms with E-state index in [-0.39, 0.29) is 11.4 Å². The van der Waals surface area contributed by atoms with Crippen LogP contribution in [0.25, 0.3) is 16.9 Å². The predicted molar refractivity (Wildman–Crippen MR) is 70.3 cm³/mol. The molecule has 104 valence electrons. The highest BCUT2D eigenvalue weighted by Crippen LogP contribution is 2.21. The van der Waals surface area contributed by atoms with Crippen molar-refractivity contribution in [2.45, 2.75) is 0 Å². The Morgan fingerprint density at radius 2 is 2.10 bits per heavy atom. The largest absolute Gasteiger partial charge is 0.478 e. The lowest BCUT2D eigenvalue weighted by Crippen LogP contribution is -2.10. The van der Waals surface area contributed by atoms with Crippen molar-refractivity contribution >= 4 is 22.7 Å². The molecule has 3 aromatic rings. The topological polar surface area (TPSA) is 124 Å². The maximum absolute atomic E-state index is 11.3. The monoisotopic (exact) mass is 285 g/mol. The van der Waals surface area contributed by atoms with E-state index in [2.05, 4.69) is 15.3 Å². The smallest absolute Gasteiger partial charge is 0.339 e. The fourth-order valence-electron chi connectivity index (χ4n) is 1.90. The molecule has 0 radical (unpaired) electrons. The van der Waals surface area contributed by atoms with Crippen molar-refractivity contribution in [3.63, 3.8) is 0 Å². The fourth-order valence-corrected chi connectivity index (χ4v) is 1.90. The molecule has 0 amide bonds. The summed E-state index contributed by atoms with van der Waals surface area (Å²) >= 11 is 0. The molecular formula is C12H7N5O4. The second kappa shape index (κ2) is 4.63. The summed E-state index contributed by atoms with van der Waals surface area (Å²) in [7, 11) is 0. The average molecular weight is 285 g/mol. The van der Waals surface area contributed by atoms with Crippen molar-refractivity contribution in [1.29, 1.82) is 0 Å². The Morgan fingerprint density at radius 3 is 2.81 bits per heavy atom. The molecule has 9 nitrogen and oxygen atoms in total. The summed E-state index contributed by atoms with van der Waals surface area (Å²) in [6, 6.07) is 7.87. The minimum atomic E-state index is -1.33. The summed E-state index contributed by atoms with van der Waals surface area (Å²) in [5.41, 5.74) is 0.399. The van der Waals surface area contributed by atoms with Crippen molar-refractivity contribution < 1.29 is 14.8 Å². The molecule has 2 heterocycles. The van der Waals surface area contributed by atoms with Crippen LogP contribution in [0.5, 0.6) is 0 Å². The molecule has 9 heteroatoms. The minimum Gasteiger partial charge on any atom is -0.478 e. The lowest BCUT2D eigenvalue weighted by atomic mass is 10.2. The molecule has 1 N–H and O–H groups in total. The second-order valence-electron chi connectivity index (χ2n) is 4.12. The summed E-state index contributed by atoms with van der Waals surface area (Å²) in [4.78, 5) is 25.2. The second-order valence-corrected chi connectivity index (χ2v) is 4.12. The number of aromatic nitrogens is 4. The molecule has 3 rings (SSSR count). The van der Waals surface area contributed by atoms with Crippen LogP contribution in [0.1, 0.15) is 10.4 Å². The van der Waals surface area contributed by atoms with Gasteiger partial charge in [0.1, 0.15) is 17.3 Å².